The average Bonchev–Trinajstić information content (AvgIpc) is 2.54. The van der Waals surface area contributed by atoms with E-state index in [9.17, 15) is 4.57 Å². The van der Waals surface area contributed by atoms with Crippen LogP contribution in [0.15, 0.2) is 65.6 Å². The summed E-state index contributed by atoms with van der Waals surface area (Å²) in [5, 5.41) is 0. The first-order chi connectivity index (χ1) is 10.7. The molecule has 0 aliphatic rings. The van der Waals surface area contributed by atoms with Crippen LogP contribution in [-0.4, -0.2) is 13.2 Å². The Kier molecular flexibility index (Phi) is 6.56. The number of rotatable bonds is 8. The third-order valence-electron chi connectivity index (χ3n) is 3.04. The molecule has 0 saturated heterocycles. The second-order valence-electron chi connectivity index (χ2n) is 4.75. The standard InChI is InChI=1S/C17H22NO2PS/c1-3-15-18(16-11-7-5-8-12-16)21(19,20-4-2)22-17-13-9-6-10-14-17/h5-14H,3-4,15H2,1-2H3. The van der Waals surface area contributed by atoms with Crippen molar-refractivity contribution in [2.45, 2.75) is 25.2 Å². The van der Waals surface area contributed by atoms with Crippen molar-refractivity contribution in [1.82, 2.24) is 0 Å². The Morgan fingerprint density at radius 3 is 2.14 bits per heavy atom. The van der Waals surface area contributed by atoms with E-state index in [2.05, 4.69) is 6.92 Å². The predicted molar refractivity (Wildman–Crippen MR) is 95.6 cm³/mol. The maximum Gasteiger partial charge on any atom is 0.358 e. The SMILES string of the molecule is CCCN(c1ccccc1)P(=O)(OCC)Sc1ccccc1. The minimum absolute atomic E-state index is 0.421. The van der Waals surface area contributed by atoms with E-state index < -0.39 is 6.72 Å². The van der Waals surface area contributed by atoms with Gasteiger partial charge in [0.05, 0.1) is 6.61 Å². The first kappa shape index (κ1) is 17.1. The smallest absolute Gasteiger partial charge is 0.306 e. The van der Waals surface area contributed by atoms with Gasteiger partial charge in [-0.1, -0.05) is 43.3 Å². The van der Waals surface area contributed by atoms with Gasteiger partial charge < -0.3 is 4.52 Å². The van der Waals surface area contributed by atoms with Gasteiger partial charge in [0, 0.05) is 17.1 Å². The molecule has 0 aromatic heterocycles. The molecule has 0 radical (unpaired) electrons. The molecule has 2 aromatic rings. The molecule has 2 rings (SSSR count). The van der Waals surface area contributed by atoms with Gasteiger partial charge in [0.2, 0.25) is 0 Å². The van der Waals surface area contributed by atoms with Gasteiger partial charge in [0.25, 0.3) is 0 Å². The van der Waals surface area contributed by atoms with Gasteiger partial charge in [-0.2, -0.15) is 0 Å². The molecule has 5 heteroatoms. The van der Waals surface area contributed by atoms with E-state index in [0.717, 1.165) is 17.0 Å². The quantitative estimate of drug-likeness (QED) is 0.567. The van der Waals surface area contributed by atoms with Gasteiger partial charge in [-0.05, 0) is 49.0 Å². The lowest BCUT2D eigenvalue weighted by molar-refractivity contribution is 0.343. The van der Waals surface area contributed by atoms with E-state index >= 15 is 0 Å². The maximum absolute atomic E-state index is 13.5. The number of hydrogen-bond donors (Lipinski definition) is 0. The van der Waals surface area contributed by atoms with Crippen molar-refractivity contribution in [2.75, 3.05) is 17.8 Å². The number of hydrogen-bond acceptors (Lipinski definition) is 3. The summed E-state index contributed by atoms with van der Waals surface area (Å²) in [6.07, 6.45) is 0.904. The molecular weight excluding hydrogens is 313 g/mol. The molecule has 1 unspecified atom stereocenters. The van der Waals surface area contributed by atoms with E-state index in [-0.39, 0.29) is 0 Å². The van der Waals surface area contributed by atoms with Gasteiger partial charge in [0.1, 0.15) is 0 Å². The van der Waals surface area contributed by atoms with Crippen LogP contribution in [-0.2, 0) is 9.09 Å². The first-order valence-corrected chi connectivity index (χ1v) is 10.5. The molecule has 0 amide bonds. The summed E-state index contributed by atoms with van der Waals surface area (Å²) < 4.78 is 21.2. The van der Waals surface area contributed by atoms with Crippen molar-refractivity contribution in [1.29, 1.82) is 0 Å². The highest BCUT2D eigenvalue weighted by atomic mass is 32.7. The van der Waals surface area contributed by atoms with E-state index in [4.69, 9.17) is 4.52 Å². The Morgan fingerprint density at radius 2 is 1.59 bits per heavy atom. The number of benzene rings is 2. The fraction of sp³-hybridized carbons (Fsp3) is 0.294. The lowest BCUT2D eigenvalue weighted by Crippen LogP contribution is -2.20. The second kappa shape index (κ2) is 8.42. The number of nitrogens with zero attached hydrogens (tertiary/aromatic N) is 1. The van der Waals surface area contributed by atoms with Crippen molar-refractivity contribution < 1.29 is 9.09 Å². The van der Waals surface area contributed by atoms with E-state index in [1.54, 1.807) is 0 Å². The summed E-state index contributed by atoms with van der Waals surface area (Å²) in [6, 6.07) is 19.6. The van der Waals surface area contributed by atoms with Gasteiger partial charge in [-0.25, -0.2) is 0 Å². The zero-order valence-corrected chi connectivity index (χ0v) is 14.7. The topological polar surface area (TPSA) is 29.5 Å². The molecule has 0 aliphatic heterocycles. The molecule has 118 valence electrons. The van der Waals surface area contributed by atoms with E-state index in [1.807, 2.05) is 72.3 Å². The zero-order chi connectivity index (χ0) is 15.8. The summed E-state index contributed by atoms with van der Waals surface area (Å²) >= 11 is 1.32. The van der Waals surface area contributed by atoms with Crippen LogP contribution in [0, 0.1) is 0 Å². The third-order valence-corrected chi connectivity index (χ3v) is 7.59. The number of anilines is 1. The monoisotopic (exact) mass is 335 g/mol. The van der Waals surface area contributed by atoms with Crippen LogP contribution in [0.5, 0.6) is 0 Å². The maximum atomic E-state index is 13.5. The van der Waals surface area contributed by atoms with Crippen LogP contribution >= 0.6 is 18.1 Å². The molecule has 0 spiro atoms. The van der Waals surface area contributed by atoms with Crippen LogP contribution in [0.1, 0.15) is 20.3 Å². The highest BCUT2D eigenvalue weighted by Crippen LogP contribution is 2.66. The van der Waals surface area contributed by atoms with Crippen LogP contribution in [0.4, 0.5) is 5.69 Å². The minimum atomic E-state index is -3.04. The van der Waals surface area contributed by atoms with E-state index in [1.165, 1.54) is 11.4 Å². The van der Waals surface area contributed by atoms with Crippen molar-refractivity contribution in [3.05, 3.63) is 60.7 Å². The van der Waals surface area contributed by atoms with Crippen molar-refractivity contribution >= 4 is 23.8 Å². The van der Waals surface area contributed by atoms with Gasteiger partial charge in [-0.15, -0.1) is 0 Å². The molecule has 22 heavy (non-hydrogen) atoms. The van der Waals surface area contributed by atoms with Gasteiger partial charge >= 0.3 is 6.72 Å². The molecule has 0 saturated carbocycles. The molecule has 2 aromatic carbocycles. The highest BCUT2D eigenvalue weighted by molar-refractivity contribution is 8.57. The molecule has 3 nitrogen and oxygen atoms in total. The normalized spacial score (nSPS) is 13.5. The Bertz CT molecular complexity index is 607. The molecular formula is C17H22NO2PS. The minimum Gasteiger partial charge on any atom is -0.306 e. The van der Waals surface area contributed by atoms with Crippen molar-refractivity contribution in [3.8, 4) is 0 Å². The fourth-order valence-corrected chi connectivity index (χ4v) is 6.61. The van der Waals surface area contributed by atoms with Crippen LogP contribution in [0.25, 0.3) is 0 Å². The molecule has 0 heterocycles. The Labute approximate surface area is 136 Å². The second-order valence-corrected chi connectivity index (χ2v) is 9.01. The summed E-state index contributed by atoms with van der Waals surface area (Å²) in [7, 11) is 0. The summed E-state index contributed by atoms with van der Waals surface area (Å²) in [5.74, 6) is 0. The van der Waals surface area contributed by atoms with Crippen LogP contribution in [0.2, 0.25) is 0 Å². The zero-order valence-electron chi connectivity index (χ0n) is 13.0. The van der Waals surface area contributed by atoms with Crippen LogP contribution < -0.4 is 4.67 Å². The summed E-state index contributed by atoms with van der Waals surface area (Å²) in [4.78, 5) is 0.955. The van der Waals surface area contributed by atoms with Gasteiger partial charge in [-0.3, -0.25) is 9.24 Å². The molecule has 0 aliphatic carbocycles. The first-order valence-electron chi connectivity index (χ1n) is 7.52. The lowest BCUT2D eigenvalue weighted by atomic mass is 10.3. The highest BCUT2D eigenvalue weighted by Gasteiger charge is 2.33. The third kappa shape index (κ3) is 4.39. The average molecular weight is 335 g/mol. The predicted octanol–water partition coefficient (Wildman–Crippen LogP) is 5.84. The molecule has 0 N–H and O–H groups in total. The Morgan fingerprint density at radius 1 is 1.00 bits per heavy atom. The largest absolute Gasteiger partial charge is 0.358 e. The lowest BCUT2D eigenvalue weighted by Gasteiger charge is -2.31. The Hall–Kier alpha value is -1.22. The van der Waals surface area contributed by atoms with Crippen molar-refractivity contribution in [3.63, 3.8) is 0 Å². The summed E-state index contributed by atoms with van der Waals surface area (Å²) in [6.45, 7) is 2.04. The number of para-hydroxylation sites is 1. The molecule has 0 bridgehead atoms. The van der Waals surface area contributed by atoms with Crippen molar-refractivity contribution in [2.24, 2.45) is 0 Å². The molecule has 1 atom stereocenters. The summed E-state index contributed by atoms with van der Waals surface area (Å²) in [5.41, 5.74) is 0.935. The Balaban J connectivity index is 2.35. The van der Waals surface area contributed by atoms with Crippen LogP contribution in [0.3, 0.4) is 0 Å². The van der Waals surface area contributed by atoms with Gasteiger partial charge in [0.15, 0.2) is 0 Å². The molecule has 0 fully saturated rings. The van der Waals surface area contributed by atoms with E-state index in [0.29, 0.717) is 13.2 Å². The fourth-order valence-electron chi connectivity index (χ4n) is 2.13.